The minimum Gasteiger partial charge on any atom is -0.370 e. The van der Waals surface area contributed by atoms with E-state index in [1.807, 2.05) is 0 Å². The number of hydrogen-bond acceptors (Lipinski definition) is 1. The van der Waals surface area contributed by atoms with Gasteiger partial charge in [0, 0.05) is 6.42 Å². The maximum Gasteiger partial charge on any atom is 0.217 e. The molecule has 0 aromatic heterocycles. The van der Waals surface area contributed by atoms with Crippen molar-refractivity contribution in [1.82, 2.24) is 0 Å². The van der Waals surface area contributed by atoms with E-state index in [0.29, 0.717) is 6.42 Å². The van der Waals surface area contributed by atoms with E-state index < -0.39 is 0 Å². The van der Waals surface area contributed by atoms with Crippen LogP contribution in [0.15, 0.2) is 0 Å². The number of primary amides is 1. The van der Waals surface area contributed by atoms with Crippen molar-refractivity contribution in [3.63, 3.8) is 0 Å². The fourth-order valence-corrected chi connectivity index (χ4v) is 1.46. The number of nitrogens with two attached hydrogens (primary N) is 1. The molecule has 0 bridgehead atoms. The van der Waals surface area contributed by atoms with Gasteiger partial charge in [-0.15, -0.1) is 0 Å². The van der Waals surface area contributed by atoms with Crippen LogP contribution in [-0.4, -0.2) is 10.3 Å². The topological polar surface area (TPSA) is 43.1 Å². The summed E-state index contributed by atoms with van der Waals surface area (Å²) < 4.78 is 1.24. The van der Waals surface area contributed by atoms with Gasteiger partial charge in [-0.3, -0.25) is 4.79 Å². The minimum atomic E-state index is -0.168. The first kappa shape index (κ1) is 11.2. The summed E-state index contributed by atoms with van der Waals surface area (Å²) in [5.74, 6) is -0.168. The molecule has 0 atom stereocenters. The van der Waals surface area contributed by atoms with Gasteiger partial charge in [0.15, 0.2) is 0 Å². The molecular weight excluding hydrogens is 253 g/mol. The van der Waals surface area contributed by atoms with Gasteiger partial charge >= 0.3 is 0 Å². The maximum atomic E-state index is 10.3. The number of halogens is 1. The monoisotopic (exact) mass is 269 g/mol. The smallest absolute Gasteiger partial charge is 0.217 e. The Bertz CT molecular complexity index is 106. The molecule has 0 saturated heterocycles. The largest absolute Gasteiger partial charge is 0.370 e. The molecule has 0 aliphatic rings. The van der Waals surface area contributed by atoms with Crippen molar-refractivity contribution in [2.75, 3.05) is 4.43 Å². The second-order valence-corrected chi connectivity index (χ2v) is 3.75. The van der Waals surface area contributed by atoms with Crippen LogP contribution >= 0.6 is 22.6 Å². The Hall–Kier alpha value is 0.200. The van der Waals surface area contributed by atoms with E-state index in [2.05, 4.69) is 22.6 Å². The van der Waals surface area contributed by atoms with Crippen molar-refractivity contribution in [3.8, 4) is 0 Å². The van der Waals surface area contributed by atoms with Crippen LogP contribution in [-0.2, 0) is 4.79 Å². The van der Waals surface area contributed by atoms with Crippen LogP contribution < -0.4 is 5.73 Å². The first-order valence-electron chi connectivity index (χ1n) is 4.11. The van der Waals surface area contributed by atoms with Gasteiger partial charge in [0.2, 0.25) is 5.91 Å². The van der Waals surface area contributed by atoms with E-state index in [9.17, 15) is 4.79 Å². The molecule has 0 aromatic carbocycles. The van der Waals surface area contributed by atoms with Crippen molar-refractivity contribution in [2.24, 2.45) is 5.73 Å². The van der Waals surface area contributed by atoms with Crippen molar-refractivity contribution in [3.05, 3.63) is 0 Å². The zero-order chi connectivity index (χ0) is 8.53. The maximum absolute atomic E-state index is 10.3. The van der Waals surface area contributed by atoms with Gasteiger partial charge in [-0.2, -0.15) is 0 Å². The zero-order valence-corrected chi connectivity index (χ0v) is 8.97. The van der Waals surface area contributed by atoms with Crippen LogP contribution in [0.2, 0.25) is 0 Å². The molecule has 0 aliphatic heterocycles. The quantitative estimate of drug-likeness (QED) is 0.430. The minimum absolute atomic E-state index is 0.168. The van der Waals surface area contributed by atoms with Crippen LogP contribution in [0.25, 0.3) is 0 Å². The summed E-state index contributed by atoms with van der Waals surface area (Å²) in [4.78, 5) is 10.3. The summed E-state index contributed by atoms with van der Waals surface area (Å²) in [6.45, 7) is 0. The molecule has 0 saturated carbocycles. The van der Waals surface area contributed by atoms with Crippen molar-refractivity contribution in [2.45, 2.75) is 38.5 Å². The van der Waals surface area contributed by atoms with Gasteiger partial charge in [-0.25, -0.2) is 0 Å². The molecule has 2 N–H and O–H groups in total. The number of hydrogen-bond donors (Lipinski definition) is 1. The second-order valence-electron chi connectivity index (χ2n) is 2.67. The van der Waals surface area contributed by atoms with Gasteiger partial charge in [0.05, 0.1) is 0 Å². The average Bonchev–Trinajstić information content (AvgIpc) is 1.96. The molecule has 0 fully saturated rings. The zero-order valence-electron chi connectivity index (χ0n) is 6.81. The van der Waals surface area contributed by atoms with E-state index >= 15 is 0 Å². The lowest BCUT2D eigenvalue weighted by Crippen LogP contribution is -2.09. The molecule has 0 aromatic rings. The number of rotatable bonds is 7. The lowest BCUT2D eigenvalue weighted by atomic mass is 10.1. The molecule has 0 aliphatic carbocycles. The summed E-state index contributed by atoms with van der Waals surface area (Å²) in [5.41, 5.74) is 4.99. The molecular formula is C8H16INO. The molecule has 0 heterocycles. The Morgan fingerprint density at radius 3 is 2.18 bits per heavy atom. The third kappa shape index (κ3) is 10.2. The predicted octanol–water partition coefficient (Wildman–Crippen LogP) is 2.25. The van der Waals surface area contributed by atoms with E-state index in [-0.39, 0.29) is 5.91 Å². The average molecular weight is 269 g/mol. The first-order valence-corrected chi connectivity index (χ1v) is 5.64. The normalized spacial score (nSPS) is 9.91. The highest BCUT2D eigenvalue weighted by Gasteiger charge is 1.93. The van der Waals surface area contributed by atoms with Gasteiger partial charge in [0.1, 0.15) is 0 Å². The van der Waals surface area contributed by atoms with Gasteiger partial charge < -0.3 is 5.73 Å². The van der Waals surface area contributed by atoms with Crippen LogP contribution in [0.1, 0.15) is 38.5 Å². The fourth-order valence-electron chi connectivity index (χ4n) is 0.924. The van der Waals surface area contributed by atoms with E-state index in [0.717, 1.165) is 12.8 Å². The van der Waals surface area contributed by atoms with Crippen molar-refractivity contribution in [1.29, 1.82) is 0 Å². The highest BCUT2D eigenvalue weighted by Crippen LogP contribution is 2.05. The van der Waals surface area contributed by atoms with Gasteiger partial charge in [-0.1, -0.05) is 41.9 Å². The Morgan fingerprint density at radius 1 is 1.09 bits per heavy atom. The van der Waals surface area contributed by atoms with Crippen LogP contribution in [0.3, 0.4) is 0 Å². The summed E-state index contributed by atoms with van der Waals surface area (Å²) in [6.07, 6.45) is 6.52. The summed E-state index contributed by atoms with van der Waals surface area (Å²) >= 11 is 2.38. The second kappa shape index (κ2) is 8.30. The first-order chi connectivity index (χ1) is 5.27. The number of amides is 1. The number of alkyl halides is 1. The third-order valence-electron chi connectivity index (χ3n) is 1.56. The lowest BCUT2D eigenvalue weighted by molar-refractivity contribution is -0.118. The van der Waals surface area contributed by atoms with Crippen molar-refractivity contribution >= 4 is 28.5 Å². The molecule has 3 heteroatoms. The summed E-state index contributed by atoms with van der Waals surface area (Å²) in [7, 11) is 0. The Morgan fingerprint density at radius 2 is 1.64 bits per heavy atom. The van der Waals surface area contributed by atoms with Crippen LogP contribution in [0.5, 0.6) is 0 Å². The lowest BCUT2D eigenvalue weighted by Gasteiger charge is -1.97. The highest BCUT2D eigenvalue weighted by molar-refractivity contribution is 14.1. The molecule has 1 amide bonds. The SMILES string of the molecule is NC(=O)CCCCCCCI. The Labute approximate surface area is 82.1 Å². The van der Waals surface area contributed by atoms with E-state index in [1.165, 1.54) is 23.7 Å². The molecule has 66 valence electrons. The summed E-state index contributed by atoms with van der Waals surface area (Å²) in [6, 6.07) is 0. The Balaban J connectivity index is 2.85. The van der Waals surface area contributed by atoms with Crippen molar-refractivity contribution < 1.29 is 4.79 Å². The Kier molecular flexibility index (Phi) is 8.45. The summed E-state index contributed by atoms with van der Waals surface area (Å²) in [5, 5.41) is 0. The van der Waals surface area contributed by atoms with Crippen LogP contribution in [0, 0.1) is 0 Å². The predicted molar refractivity (Wildman–Crippen MR) is 55.8 cm³/mol. The fraction of sp³-hybridized carbons (Fsp3) is 0.875. The van der Waals surface area contributed by atoms with Gasteiger partial charge in [-0.05, 0) is 17.3 Å². The number of carbonyl (C=O) groups excluding carboxylic acids is 1. The molecule has 2 nitrogen and oxygen atoms in total. The van der Waals surface area contributed by atoms with E-state index in [4.69, 9.17) is 5.73 Å². The number of carbonyl (C=O) groups is 1. The molecule has 11 heavy (non-hydrogen) atoms. The van der Waals surface area contributed by atoms with Gasteiger partial charge in [0.25, 0.3) is 0 Å². The third-order valence-corrected chi connectivity index (χ3v) is 2.32. The molecule has 0 spiro atoms. The standard InChI is InChI=1S/C8H16INO/c9-7-5-3-1-2-4-6-8(10)11/h1-7H2,(H2,10,11). The molecule has 0 unspecified atom stereocenters. The van der Waals surface area contributed by atoms with E-state index in [1.54, 1.807) is 0 Å². The van der Waals surface area contributed by atoms with Crippen LogP contribution in [0.4, 0.5) is 0 Å². The molecule has 0 radical (unpaired) electrons. The number of unbranched alkanes of at least 4 members (excludes halogenated alkanes) is 4. The highest BCUT2D eigenvalue weighted by atomic mass is 127. The molecule has 0 rings (SSSR count).